The third-order valence-corrected chi connectivity index (χ3v) is 2.46. The fourth-order valence-corrected chi connectivity index (χ4v) is 1.59. The maximum absolute atomic E-state index is 10.3. The second kappa shape index (κ2) is 5.75. The zero-order valence-electron chi connectivity index (χ0n) is 8.77. The van der Waals surface area contributed by atoms with Crippen molar-refractivity contribution in [2.75, 3.05) is 5.75 Å². The van der Waals surface area contributed by atoms with Gasteiger partial charge < -0.3 is 9.63 Å². The molecule has 0 aliphatic carbocycles. The minimum Gasteiger partial charge on any atom is -0.481 e. The Kier molecular flexibility index (Phi) is 4.61. The highest BCUT2D eigenvalue weighted by atomic mass is 32.2. The average Bonchev–Trinajstić information content (AvgIpc) is 2.50. The van der Waals surface area contributed by atoms with Crippen LogP contribution in [-0.2, 0) is 17.0 Å². The number of carboxylic acids is 1. The van der Waals surface area contributed by atoms with Crippen LogP contribution >= 0.6 is 11.8 Å². The molecule has 0 atom stereocenters. The van der Waals surface area contributed by atoms with E-state index in [0.717, 1.165) is 6.42 Å². The number of hydrogen-bond donors (Lipinski definition) is 1. The average molecular weight is 230 g/mol. The maximum Gasteiger partial charge on any atom is 0.313 e. The molecular formula is C9H14N2O3S. The van der Waals surface area contributed by atoms with Crippen LogP contribution in [-0.4, -0.2) is 27.0 Å². The lowest BCUT2D eigenvalue weighted by Crippen LogP contribution is -1.99. The molecule has 0 bridgehead atoms. The number of thioether (sulfide) groups is 1. The van der Waals surface area contributed by atoms with Crippen LogP contribution in [0.3, 0.4) is 0 Å². The largest absolute Gasteiger partial charge is 0.481 e. The molecule has 15 heavy (non-hydrogen) atoms. The molecule has 84 valence electrons. The van der Waals surface area contributed by atoms with Gasteiger partial charge in [-0.3, -0.25) is 4.79 Å². The van der Waals surface area contributed by atoms with Gasteiger partial charge in [-0.05, 0) is 5.92 Å². The van der Waals surface area contributed by atoms with Crippen molar-refractivity contribution in [2.45, 2.75) is 26.0 Å². The van der Waals surface area contributed by atoms with Crippen molar-refractivity contribution >= 4 is 17.7 Å². The van der Waals surface area contributed by atoms with E-state index < -0.39 is 5.97 Å². The first-order valence-corrected chi connectivity index (χ1v) is 5.84. The molecule has 1 aromatic heterocycles. The number of nitrogens with zero attached hydrogens (tertiary/aromatic N) is 2. The SMILES string of the molecule is CC(C)Cc1nc(CSCC(=O)O)no1. The van der Waals surface area contributed by atoms with Crippen LogP contribution in [0.25, 0.3) is 0 Å². The van der Waals surface area contributed by atoms with Gasteiger partial charge in [0.2, 0.25) is 5.89 Å². The van der Waals surface area contributed by atoms with Gasteiger partial charge in [-0.1, -0.05) is 19.0 Å². The first kappa shape index (κ1) is 12.0. The molecule has 0 fully saturated rings. The lowest BCUT2D eigenvalue weighted by molar-refractivity contribution is -0.133. The molecule has 1 aromatic rings. The van der Waals surface area contributed by atoms with Crippen LogP contribution in [0.5, 0.6) is 0 Å². The van der Waals surface area contributed by atoms with Crippen molar-refractivity contribution < 1.29 is 14.4 Å². The first-order valence-electron chi connectivity index (χ1n) is 4.69. The predicted molar refractivity (Wildman–Crippen MR) is 56.6 cm³/mol. The normalized spacial score (nSPS) is 10.9. The van der Waals surface area contributed by atoms with Crippen molar-refractivity contribution in [1.82, 2.24) is 10.1 Å². The van der Waals surface area contributed by atoms with Crippen molar-refractivity contribution in [3.05, 3.63) is 11.7 Å². The van der Waals surface area contributed by atoms with Gasteiger partial charge in [0.15, 0.2) is 5.82 Å². The quantitative estimate of drug-likeness (QED) is 0.799. The Morgan fingerprint density at radius 2 is 2.33 bits per heavy atom. The van der Waals surface area contributed by atoms with Gasteiger partial charge >= 0.3 is 5.97 Å². The van der Waals surface area contributed by atoms with Crippen LogP contribution in [0.1, 0.15) is 25.6 Å². The Hall–Kier alpha value is -1.04. The second-order valence-corrected chi connectivity index (χ2v) is 4.57. The van der Waals surface area contributed by atoms with E-state index in [1.165, 1.54) is 11.8 Å². The fourth-order valence-electron chi connectivity index (χ4n) is 1.01. The fraction of sp³-hybridized carbons (Fsp3) is 0.667. The highest BCUT2D eigenvalue weighted by Gasteiger charge is 2.08. The van der Waals surface area contributed by atoms with E-state index in [-0.39, 0.29) is 5.75 Å². The molecule has 1 rings (SSSR count). The molecule has 0 aliphatic heterocycles. The van der Waals surface area contributed by atoms with Crippen LogP contribution in [0.15, 0.2) is 4.52 Å². The Labute approximate surface area is 92.2 Å². The van der Waals surface area contributed by atoms with Crippen LogP contribution in [0.2, 0.25) is 0 Å². The van der Waals surface area contributed by atoms with E-state index in [1.54, 1.807) is 0 Å². The van der Waals surface area contributed by atoms with Gasteiger partial charge in [0.25, 0.3) is 0 Å². The number of carboxylic acid groups (broad SMARTS) is 1. The molecule has 0 amide bonds. The molecule has 0 aliphatic rings. The summed E-state index contributed by atoms with van der Waals surface area (Å²) in [4.78, 5) is 14.4. The van der Waals surface area contributed by atoms with Crippen molar-refractivity contribution in [3.63, 3.8) is 0 Å². The highest BCUT2D eigenvalue weighted by Crippen LogP contribution is 2.11. The predicted octanol–water partition coefficient (Wildman–Crippen LogP) is 1.59. The van der Waals surface area contributed by atoms with Crippen molar-refractivity contribution in [1.29, 1.82) is 0 Å². The van der Waals surface area contributed by atoms with Gasteiger partial charge in [0.05, 0.1) is 11.5 Å². The van der Waals surface area contributed by atoms with E-state index >= 15 is 0 Å². The maximum atomic E-state index is 10.3. The van der Waals surface area contributed by atoms with Gasteiger partial charge in [-0.2, -0.15) is 4.98 Å². The summed E-state index contributed by atoms with van der Waals surface area (Å²) in [6.45, 7) is 4.14. The molecule has 1 N–H and O–H groups in total. The molecule has 0 spiro atoms. The first-order chi connectivity index (χ1) is 7.08. The lowest BCUT2D eigenvalue weighted by atomic mass is 10.1. The van der Waals surface area contributed by atoms with Crippen molar-refractivity contribution in [2.24, 2.45) is 5.92 Å². The molecule has 5 nitrogen and oxygen atoms in total. The zero-order chi connectivity index (χ0) is 11.3. The van der Waals surface area contributed by atoms with E-state index in [0.29, 0.717) is 23.4 Å². The van der Waals surface area contributed by atoms with Gasteiger partial charge in [0.1, 0.15) is 0 Å². The van der Waals surface area contributed by atoms with E-state index in [9.17, 15) is 4.79 Å². The molecule has 0 aromatic carbocycles. The van der Waals surface area contributed by atoms with Crippen LogP contribution in [0.4, 0.5) is 0 Å². The number of aliphatic carboxylic acids is 1. The highest BCUT2D eigenvalue weighted by molar-refractivity contribution is 7.99. The van der Waals surface area contributed by atoms with E-state index in [4.69, 9.17) is 9.63 Å². The zero-order valence-corrected chi connectivity index (χ0v) is 9.58. The van der Waals surface area contributed by atoms with Crippen LogP contribution < -0.4 is 0 Å². The van der Waals surface area contributed by atoms with Gasteiger partial charge in [-0.25, -0.2) is 0 Å². The number of aromatic nitrogens is 2. The summed E-state index contributed by atoms with van der Waals surface area (Å²) in [5.74, 6) is 1.38. The topological polar surface area (TPSA) is 76.2 Å². The summed E-state index contributed by atoms with van der Waals surface area (Å²) in [7, 11) is 0. The smallest absolute Gasteiger partial charge is 0.313 e. The van der Waals surface area contributed by atoms with E-state index in [1.807, 2.05) is 0 Å². The molecule has 6 heteroatoms. The monoisotopic (exact) mass is 230 g/mol. The summed E-state index contributed by atoms with van der Waals surface area (Å²) in [6, 6.07) is 0. The molecular weight excluding hydrogens is 216 g/mol. The minimum atomic E-state index is -0.828. The third kappa shape index (κ3) is 4.83. The Bertz CT molecular complexity index is 325. The third-order valence-electron chi connectivity index (χ3n) is 1.55. The minimum absolute atomic E-state index is 0.0635. The summed E-state index contributed by atoms with van der Waals surface area (Å²) in [6.07, 6.45) is 0.761. The molecule has 0 unspecified atom stereocenters. The van der Waals surface area contributed by atoms with Crippen molar-refractivity contribution in [3.8, 4) is 0 Å². The summed E-state index contributed by atoms with van der Waals surface area (Å²) < 4.78 is 5.01. The second-order valence-electron chi connectivity index (χ2n) is 3.59. The van der Waals surface area contributed by atoms with Gasteiger partial charge in [0, 0.05) is 6.42 Å². The van der Waals surface area contributed by atoms with Gasteiger partial charge in [-0.15, -0.1) is 11.8 Å². The Morgan fingerprint density at radius 3 is 2.93 bits per heavy atom. The van der Waals surface area contributed by atoms with E-state index in [2.05, 4.69) is 24.0 Å². The Morgan fingerprint density at radius 1 is 1.60 bits per heavy atom. The number of rotatable bonds is 6. The number of hydrogen-bond acceptors (Lipinski definition) is 5. The molecule has 0 saturated heterocycles. The Balaban J connectivity index is 2.36. The lowest BCUT2D eigenvalue weighted by Gasteiger charge is -1.95. The summed E-state index contributed by atoms with van der Waals surface area (Å²) in [5.41, 5.74) is 0. The standard InChI is InChI=1S/C9H14N2O3S/c1-6(2)3-8-10-7(11-14-8)4-15-5-9(12)13/h6H,3-5H2,1-2H3,(H,12,13). The molecule has 0 saturated carbocycles. The summed E-state index contributed by atoms with van der Waals surface area (Å²) >= 11 is 1.26. The van der Waals surface area contributed by atoms with Crippen LogP contribution in [0, 0.1) is 5.92 Å². The number of carbonyl (C=O) groups is 1. The summed E-state index contributed by atoms with van der Waals surface area (Å²) in [5, 5.41) is 12.2. The molecule has 0 radical (unpaired) electrons. The molecule has 1 heterocycles.